The molecular formula is C13H18N4O. The van der Waals surface area contributed by atoms with E-state index in [2.05, 4.69) is 22.3 Å². The van der Waals surface area contributed by atoms with Crippen LogP contribution in [-0.2, 0) is 20.1 Å². The molecule has 0 amide bonds. The second-order valence-electron chi connectivity index (χ2n) is 4.15. The van der Waals surface area contributed by atoms with Crippen LogP contribution in [0.4, 0.5) is 0 Å². The summed E-state index contributed by atoms with van der Waals surface area (Å²) >= 11 is 0. The lowest BCUT2D eigenvalue weighted by molar-refractivity contribution is 0.390. The van der Waals surface area contributed by atoms with Gasteiger partial charge in [0.1, 0.15) is 0 Å². The maximum atomic E-state index is 5.21. The Kier molecular flexibility index (Phi) is 3.94. The van der Waals surface area contributed by atoms with Gasteiger partial charge in [-0.25, -0.2) is 4.98 Å². The zero-order chi connectivity index (χ0) is 13.0. The number of rotatable bonds is 5. The van der Waals surface area contributed by atoms with Gasteiger partial charge in [0, 0.05) is 43.2 Å². The monoisotopic (exact) mass is 246 g/mol. The summed E-state index contributed by atoms with van der Waals surface area (Å²) in [7, 11) is 3.58. The van der Waals surface area contributed by atoms with Gasteiger partial charge >= 0.3 is 0 Å². The molecule has 0 fully saturated rings. The maximum Gasteiger partial charge on any atom is 0.217 e. The lowest BCUT2D eigenvalue weighted by Crippen LogP contribution is -2.14. The predicted octanol–water partition coefficient (Wildman–Crippen LogP) is 1.42. The fourth-order valence-electron chi connectivity index (χ4n) is 1.79. The van der Waals surface area contributed by atoms with E-state index in [-0.39, 0.29) is 0 Å². The Labute approximate surface area is 107 Å². The Bertz CT molecular complexity index is 521. The molecule has 96 valence electrons. The molecule has 5 heteroatoms. The van der Waals surface area contributed by atoms with Crippen molar-refractivity contribution in [3.05, 3.63) is 41.3 Å². The minimum atomic E-state index is 0.674. The second-order valence-corrected chi connectivity index (χ2v) is 4.15. The summed E-state index contributed by atoms with van der Waals surface area (Å²) in [6, 6.07) is 3.92. The summed E-state index contributed by atoms with van der Waals surface area (Å²) in [6.07, 6.45) is 3.62. The van der Waals surface area contributed by atoms with Gasteiger partial charge in [-0.15, -0.1) is 0 Å². The number of pyridine rings is 1. The van der Waals surface area contributed by atoms with E-state index < -0.39 is 0 Å². The smallest absolute Gasteiger partial charge is 0.217 e. The van der Waals surface area contributed by atoms with Crippen molar-refractivity contribution < 1.29 is 4.74 Å². The van der Waals surface area contributed by atoms with Gasteiger partial charge in [0.15, 0.2) is 0 Å². The topological polar surface area (TPSA) is 52.0 Å². The predicted molar refractivity (Wildman–Crippen MR) is 69.3 cm³/mol. The third kappa shape index (κ3) is 2.68. The van der Waals surface area contributed by atoms with E-state index in [1.54, 1.807) is 13.3 Å². The third-order valence-electron chi connectivity index (χ3n) is 3.01. The van der Waals surface area contributed by atoms with Crippen molar-refractivity contribution in [1.29, 1.82) is 0 Å². The van der Waals surface area contributed by atoms with Crippen LogP contribution in [-0.4, -0.2) is 21.9 Å². The van der Waals surface area contributed by atoms with Crippen LogP contribution in [0.15, 0.2) is 24.5 Å². The highest BCUT2D eigenvalue weighted by Gasteiger charge is 2.05. The molecule has 0 aromatic carbocycles. The molecule has 0 spiro atoms. The molecule has 0 aliphatic rings. The number of hydrogen-bond acceptors (Lipinski definition) is 4. The molecule has 0 aliphatic heterocycles. The number of nitrogens with zero attached hydrogens (tertiary/aromatic N) is 3. The summed E-state index contributed by atoms with van der Waals surface area (Å²) in [5, 5.41) is 7.59. The lowest BCUT2D eigenvalue weighted by atomic mass is 10.2. The Morgan fingerprint density at radius 3 is 2.78 bits per heavy atom. The highest BCUT2D eigenvalue weighted by atomic mass is 16.5. The third-order valence-corrected chi connectivity index (χ3v) is 3.01. The van der Waals surface area contributed by atoms with Crippen LogP contribution in [0.25, 0.3) is 0 Å². The number of aromatic nitrogens is 3. The van der Waals surface area contributed by atoms with Crippen LogP contribution in [0.2, 0.25) is 0 Å². The SMILES string of the molecule is COc1ncccc1CNCc1cnn(C)c1C. The average molecular weight is 246 g/mol. The molecule has 0 saturated carbocycles. The Morgan fingerprint density at radius 2 is 2.11 bits per heavy atom. The zero-order valence-corrected chi connectivity index (χ0v) is 11.0. The summed E-state index contributed by atoms with van der Waals surface area (Å²) in [5.41, 5.74) is 3.45. The first-order valence-electron chi connectivity index (χ1n) is 5.88. The molecule has 5 nitrogen and oxygen atoms in total. The molecule has 0 saturated heterocycles. The van der Waals surface area contributed by atoms with E-state index >= 15 is 0 Å². The van der Waals surface area contributed by atoms with E-state index in [9.17, 15) is 0 Å². The van der Waals surface area contributed by atoms with Crippen molar-refractivity contribution in [2.45, 2.75) is 20.0 Å². The van der Waals surface area contributed by atoms with E-state index in [1.807, 2.05) is 30.1 Å². The fourth-order valence-corrected chi connectivity index (χ4v) is 1.79. The summed E-state index contributed by atoms with van der Waals surface area (Å²) in [6.45, 7) is 3.58. The summed E-state index contributed by atoms with van der Waals surface area (Å²) in [4.78, 5) is 4.17. The van der Waals surface area contributed by atoms with Crippen molar-refractivity contribution in [3.63, 3.8) is 0 Å². The van der Waals surface area contributed by atoms with Crippen molar-refractivity contribution in [2.75, 3.05) is 7.11 Å². The molecule has 18 heavy (non-hydrogen) atoms. The zero-order valence-electron chi connectivity index (χ0n) is 11.0. The van der Waals surface area contributed by atoms with Gasteiger partial charge in [-0.1, -0.05) is 6.07 Å². The van der Waals surface area contributed by atoms with Crippen LogP contribution < -0.4 is 10.1 Å². The first-order chi connectivity index (χ1) is 8.72. The second kappa shape index (κ2) is 5.64. The van der Waals surface area contributed by atoms with Crippen LogP contribution in [0.5, 0.6) is 5.88 Å². The van der Waals surface area contributed by atoms with Gasteiger partial charge in [-0.3, -0.25) is 4.68 Å². The fraction of sp³-hybridized carbons (Fsp3) is 0.385. The minimum absolute atomic E-state index is 0.674. The van der Waals surface area contributed by atoms with Crippen LogP contribution in [0.3, 0.4) is 0 Å². The van der Waals surface area contributed by atoms with E-state index in [1.165, 1.54) is 11.3 Å². The number of nitrogens with one attached hydrogen (secondary N) is 1. The lowest BCUT2D eigenvalue weighted by Gasteiger charge is -2.08. The van der Waals surface area contributed by atoms with Crippen LogP contribution in [0, 0.1) is 6.92 Å². The molecule has 0 unspecified atom stereocenters. The molecule has 0 atom stereocenters. The molecule has 2 aromatic heterocycles. The molecule has 1 N–H and O–H groups in total. The Hall–Kier alpha value is -1.88. The van der Waals surface area contributed by atoms with E-state index in [0.29, 0.717) is 5.88 Å². The molecule has 2 rings (SSSR count). The quantitative estimate of drug-likeness (QED) is 0.867. The van der Waals surface area contributed by atoms with Crippen molar-refractivity contribution in [2.24, 2.45) is 7.05 Å². The number of aryl methyl sites for hydroxylation is 1. The van der Waals surface area contributed by atoms with Gasteiger partial charge in [-0.2, -0.15) is 5.10 Å². The molecular weight excluding hydrogens is 228 g/mol. The van der Waals surface area contributed by atoms with Crippen molar-refractivity contribution in [1.82, 2.24) is 20.1 Å². The van der Waals surface area contributed by atoms with Crippen LogP contribution in [0.1, 0.15) is 16.8 Å². The van der Waals surface area contributed by atoms with Gasteiger partial charge < -0.3 is 10.1 Å². The van der Waals surface area contributed by atoms with Crippen molar-refractivity contribution in [3.8, 4) is 5.88 Å². The number of methoxy groups -OCH3 is 1. The van der Waals surface area contributed by atoms with E-state index in [0.717, 1.165) is 18.7 Å². The highest BCUT2D eigenvalue weighted by molar-refractivity contribution is 5.25. The first-order valence-corrected chi connectivity index (χ1v) is 5.88. The molecule has 0 radical (unpaired) electrons. The van der Waals surface area contributed by atoms with Gasteiger partial charge in [0.05, 0.1) is 13.3 Å². The highest BCUT2D eigenvalue weighted by Crippen LogP contribution is 2.13. The maximum absolute atomic E-state index is 5.21. The first kappa shape index (κ1) is 12.6. The summed E-state index contributed by atoms with van der Waals surface area (Å²) in [5.74, 6) is 0.674. The standard InChI is InChI=1S/C13H18N4O/c1-10-12(9-16-17(10)2)8-14-7-11-5-4-6-15-13(11)18-3/h4-6,9,14H,7-8H2,1-3H3. The molecule has 2 heterocycles. The van der Waals surface area contributed by atoms with E-state index in [4.69, 9.17) is 4.74 Å². The Morgan fingerprint density at radius 1 is 1.33 bits per heavy atom. The summed E-state index contributed by atoms with van der Waals surface area (Å²) < 4.78 is 7.09. The minimum Gasteiger partial charge on any atom is -0.481 e. The van der Waals surface area contributed by atoms with Crippen LogP contribution >= 0.6 is 0 Å². The average Bonchev–Trinajstić information content (AvgIpc) is 2.71. The Balaban J connectivity index is 1.94. The molecule has 0 bridgehead atoms. The van der Waals surface area contributed by atoms with Gasteiger partial charge in [-0.05, 0) is 13.0 Å². The number of ether oxygens (including phenoxy) is 1. The number of hydrogen-bond donors (Lipinski definition) is 1. The molecule has 2 aromatic rings. The van der Waals surface area contributed by atoms with Gasteiger partial charge in [0.25, 0.3) is 0 Å². The van der Waals surface area contributed by atoms with Gasteiger partial charge in [0.2, 0.25) is 5.88 Å². The normalized spacial score (nSPS) is 10.6. The largest absolute Gasteiger partial charge is 0.481 e. The van der Waals surface area contributed by atoms with Crippen molar-refractivity contribution >= 4 is 0 Å². The molecule has 0 aliphatic carbocycles.